The molecule has 5 nitrogen and oxygen atoms in total. The fourth-order valence-corrected chi connectivity index (χ4v) is 9.75. The summed E-state index contributed by atoms with van der Waals surface area (Å²) in [6.45, 7) is 13.2. The van der Waals surface area contributed by atoms with E-state index in [1.54, 1.807) is 0 Å². The highest BCUT2D eigenvalue weighted by molar-refractivity contribution is 6.81. The molecule has 0 radical (unpaired) electrons. The fourth-order valence-electron chi connectivity index (χ4n) is 5.55. The van der Waals surface area contributed by atoms with Gasteiger partial charge in [0.1, 0.15) is 6.10 Å². The van der Waals surface area contributed by atoms with Gasteiger partial charge in [-0.05, 0) is 19.8 Å². The summed E-state index contributed by atoms with van der Waals surface area (Å²) < 4.78 is 17.9. The first-order chi connectivity index (χ1) is 12.1. The minimum atomic E-state index is -1.65. The molecule has 0 N–H and O–H groups in total. The van der Waals surface area contributed by atoms with Gasteiger partial charge in [-0.3, -0.25) is 4.79 Å². The Morgan fingerprint density at radius 2 is 1.77 bits per heavy atom. The van der Waals surface area contributed by atoms with Crippen LogP contribution >= 0.6 is 0 Å². The molecule has 3 rings (SSSR count). The van der Waals surface area contributed by atoms with E-state index < -0.39 is 24.5 Å². The second-order valence-corrected chi connectivity index (χ2v) is 14.5. The number of esters is 2. The van der Waals surface area contributed by atoms with Gasteiger partial charge in [-0.15, -0.1) is 0 Å². The van der Waals surface area contributed by atoms with Crippen molar-refractivity contribution in [3.05, 3.63) is 0 Å². The number of rotatable bonds is 6. The molecule has 0 aromatic heterocycles. The molecule has 0 spiro atoms. The lowest BCUT2D eigenvalue weighted by molar-refractivity contribution is -0.187. The fraction of sp³-hybridized carbons (Fsp3) is 0.900. The van der Waals surface area contributed by atoms with E-state index in [0.29, 0.717) is 19.4 Å². The van der Waals surface area contributed by atoms with Gasteiger partial charge in [0.05, 0.1) is 25.8 Å². The lowest BCUT2D eigenvalue weighted by Gasteiger charge is -2.39. The van der Waals surface area contributed by atoms with Crippen LogP contribution in [0.4, 0.5) is 0 Å². The van der Waals surface area contributed by atoms with Gasteiger partial charge >= 0.3 is 11.9 Å². The minimum Gasteiger partial charge on any atom is -0.457 e. The Bertz CT molecular complexity index is 591. The quantitative estimate of drug-likeness (QED) is 0.516. The first kappa shape index (κ1) is 19.9. The number of carbonyl (C=O) groups excluding carboxylic acids is 2. The molecule has 3 aliphatic rings. The van der Waals surface area contributed by atoms with Gasteiger partial charge in [-0.1, -0.05) is 52.8 Å². The number of hydrogen-bond acceptors (Lipinski definition) is 5. The Morgan fingerprint density at radius 1 is 1.15 bits per heavy atom. The third kappa shape index (κ3) is 2.30. The Hall–Kier alpha value is -0.883. The van der Waals surface area contributed by atoms with Crippen molar-refractivity contribution in [2.45, 2.75) is 96.4 Å². The zero-order valence-corrected chi connectivity index (χ0v) is 18.1. The van der Waals surface area contributed by atoms with Crippen molar-refractivity contribution in [1.82, 2.24) is 0 Å². The van der Waals surface area contributed by atoms with Crippen molar-refractivity contribution in [2.24, 2.45) is 10.8 Å². The number of carbonyl (C=O) groups is 2. The molecule has 0 aromatic rings. The van der Waals surface area contributed by atoms with Crippen LogP contribution in [0.1, 0.15) is 60.8 Å². The average molecular weight is 383 g/mol. The van der Waals surface area contributed by atoms with Crippen LogP contribution < -0.4 is 0 Å². The number of hydrogen-bond donors (Lipinski definition) is 0. The second-order valence-electron chi connectivity index (χ2n) is 9.12. The van der Waals surface area contributed by atoms with Gasteiger partial charge in [-0.25, -0.2) is 4.79 Å². The van der Waals surface area contributed by atoms with Crippen LogP contribution in [0.5, 0.6) is 0 Å². The summed E-state index contributed by atoms with van der Waals surface area (Å²) in [5.41, 5.74) is -2.25. The molecule has 26 heavy (non-hydrogen) atoms. The predicted octanol–water partition coefficient (Wildman–Crippen LogP) is 3.86. The van der Waals surface area contributed by atoms with Gasteiger partial charge in [0, 0.05) is 11.8 Å². The molecule has 2 aliphatic heterocycles. The molecule has 0 unspecified atom stereocenters. The zero-order chi connectivity index (χ0) is 19.4. The van der Waals surface area contributed by atoms with Crippen molar-refractivity contribution in [2.75, 3.05) is 6.61 Å². The van der Waals surface area contributed by atoms with E-state index in [2.05, 4.69) is 20.8 Å². The first-order valence-corrected chi connectivity index (χ1v) is 12.9. The maximum absolute atomic E-state index is 13.3. The average Bonchev–Trinajstić information content (AvgIpc) is 3.19. The lowest BCUT2D eigenvalue weighted by atomic mass is 9.66. The van der Waals surface area contributed by atoms with E-state index in [9.17, 15) is 9.59 Å². The summed E-state index contributed by atoms with van der Waals surface area (Å²) in [5.74, 6) is -0.617. The Labute approximate surface area is 158 Å². The topological polar surface area (TPSA) is 61.8 Å². The highest BCUT2D eigenvalue weighted by Gasteiger charge is 2.76. The van der Waals surface area contributed by atoms with E-state index in [1.807, 2.05) is 20.8 Å². The zero-order valence-electron chi connectivity index (χ0n) is 17.1. The van der Waals surface area contributed by atoms with Crippen LogP contribution in [-0.2, 0) is 23.8 Å². The second kappa shape index (κ2) is 6.33. The molecular weight excluding hydrogens is 348 g/mol. The molecule has 1 aliphatic carbocycles. The van der Waals surface area contributed by atoms with E-state index >= 15 is 0 Å². The third-order valence-electron chi connectivity index (χ3n) is 8.43. The molecule has 2 heterocycles. The van der Waals surface area contributed by atoms with E-state index in [4.69, 9.17) is 14.2 Å². The largest absolute Gasteiger partial charge is 0.457 e. The summed E-state index contributed by atoms with van der Waals surface area (Å²) in [4.78, 5) is 25.7. The molecule has 148 valence electrons. The SMILES string of the molecule is CC[Si](CC)(CC)[C@@H]1OCC[C@@H]1OC(=O)[C@@]12CC[C@@](C)(C(=O)O1)C2(C)C. The molecule has 0 amide bonds. The highest BCUT2D eigenvalue weighted by atomic mass is 28.3. The van der Waals surface area contributed by atoms with Crippen LogP contribution in [0.3, 0.4) is 0 Å². The van der Waals surface area contributed by atoms with Gasteiger partial charge in [0.25, 0.3) is 0 Å². The molecule has 2 saturated heterocycles. The molecule has 3 fully saturated rings. The Kier molecular flexibility index (Phi) is 4.84. The van der Waals surface area contributed by atoms with Crippen molar-refractivity contribution in [3.63, 3.8) is 0 Å². The van der Waals surface area contributed by atoms with Crippen molar-refractivity contribution in [1.29, 1.82) is 0 Å². The van der Waals surface area contributed by atoms with Crippen LogP contribution in [0, 0.1) is 10.8 Å². The van der Waals surface area contributed by atoms with Crippen LogP contribution in [0.25, 0.3) is 0 Å². The Morgan fingerprint density at radius 3 is 2.23 bits per heavy atom. The summed E-state index contributed by atoms with van der Waals surface area (Å²) >= 11 is 0. The van der Waals surface area contributed by atoms with Crippen molar-refractivity contribution in [3.8, 4) is 0 Å². The van der Waals surface area contributed by atoms with E-state index in [1.165, 1.54) is 0 Å². The number of fused-ring (bicyclic) bond motifs is 2. The van der Waals surface area contributed by atoms with Gasteiger partial charge in [0.15, 0.2) is 0 Å². The lowest BCUT2D eigenvalue weighted by Crippen LogP contribution is -2.55. The Balaban J connectivity index is 1.83. The standard InChI is InChI=1S/C20H34O5Si/c1-7-26(8-2,9-3)15-14(10-13-23-15)24-17(22)20-12-11-19(6,16(21)25-20)18(20,4)5/h14-15H,7-13H2,1-6H3/t14-,15-,19-,20+/m0/s1. The van der Waals surface area contributed by atoms with Gasteiger partial charge < -0.3 is 14.2 Å². The maximum atomic E-state index is 13.3. The molecule has 6 heteroatoms. The first-order valence-electron chi connectivity index (χ1n) is 10.2. The summed E-state index contributed by atoms with van der Waals surface area (Å²) in [7, 11) is -1.65. The van der Waals surface area contributed by atoms with E-state index in [-0.39, 0.29) is 23.8 Å². The van der Waals surface area contributed by atoms with Crippen LogP contribution in [-0.4, -0.2) is 44.1 Å². The maximum Gasteiger partial charge on any atom is 0.351 e. The normalized spacial score (nSPS) is 38.5. The van der Waals surface area contributed by atoms with E-state index in [0.717, 1.165) is 24.6 Å². The summed E-state index contributed by atoms with van der Waals surface area (Å²) in [5, 5.41) is 0. The van der Waals surface area contributed by atoms with Crippen molar-refractivity contribution < 1.29 is 23.8 Å². The summed E-state index contributed by atoms with van der Waals surface area (Å²) in [6.07, 6.45) is 1.77. The highest BCUT2D eigenvalue weighted by Crippen LogP contribution is 2.66. The predicted molar refractivity (Wildman–Crippen MR) is 101 cm³/mol. The third-order valence-corrected chi connectivity index (χ3v) is 14.4. The molecule has 0 aromatic carbocycles. The smallest absolute Gasteiger partial charge is 0.351 e. The van der Waals surface area contributed by atoms with Crippen molar-refractivity contribution >= 4 is 20.0 Å². The molecule has 4 atom stereocenters. The minimum absolute atomic E-state index is 0.0517. The number of ether oxygens (including phenoxy) is 3. The molecule has 2 bridgehead atoms. The molecular formula is C20H34O5Si. The molecule has 1 saturated carbocycles. The van der Waals surface area contributed by atoms with Crippen LogP contribution in [0.15, 0.2) is 0 Å². The van der Waals surface area contributed by atoms with Crippen LogP contribution in [0.2, 0.25) is 18.1 Å². The van der Waals surface area contributed by atoms with Gasteiger partial charge in [-0.2, -0.15) is 0 Å². The monoisotopic (exact) mass is 382 g/mol. The van der Waals surface area contributed by atoms with Gasteiger partial charge in [0.2, 0.25) is 5.60 Å². The summed E-state index contributed by atoms with van der Waals surface area (Å²) in [6, 6.07) is 3.38.